The molecule has 3 aromatic carbocycles. The molecule has 3 heterocycles. The van der Waals surface area contributed by atoms with E-state index in [2.05, 4.69) is 86.8 Å². The normalized spacial score (nSPS) is 12.5. The highest BCUT2D eigenvalue weighted by atomic mass is 32.1. The quantitative estimate of drug-likeness (QED) is 0.257. The minimum atomic E-state index is 0.0635. The number of fused-ring (bicyclic) bond motifs is 5. The van der Waals surface area contributed by atoms with E-state index in [1.165, 1.54) is 52.2 Å². The molecule has 146 valence electrons. The van der Waals surface area contributed by atoms with E-state index in [1.54, 1.807) is 0 Å². The first-order chi connectivity index (χ1) is 14.5. The summed E-state index contributed by atoms with van der Waals surface area (Å²) >= 11 is 3.67. The second-order valence-corrected chi connectivity index (χ2v) is 10.9. The van der Waals surface area contributed by atoms with Crippen LogP contribution in [0.15, 0.2) is 72.2 Å². The molecular formula is C27H21NS2. The summed E-state index contributed by atoms with van der Waals surface area (Å²) in [6.07, 6.45) is 1.97. The minimum absolute atomic E-state index is 0.0635. The zero-order chi connectivity index (χ0) is 20.5. The molecular weight excluding hydrogens is 402 g/mol. The Bertz CT molecular complexity index is 1580. The van der Waals surface area contributed by atoms with Gasteiger partial charge in [-0.25, -0.2) is 0 Å². The van der Waals surface area contributed by atoms with Crippen molar-refractivity contribution < 1.29 is 0 Å². The van der Waals surface area contributed by atoms with Gasteiger partial charge >= 0.3 is 0 Å². The molecule has 0 N–H and O–H groups in total. The van der Waals surface area contributed by atoms with Crippen molar-refractivity contribution in [3.8, 4) is 11.3 Å². The summed E-state index contributed by atoms with van der Waals surface area (Å²) in [6, 6.07) is 22.4. The maximum atomic E-state index is 4.87. The second kappa shape index (κ2) is 6.37. The Morgan fingerprint density at radius 3 is 2.50 bits per heavy atom. The largest absolute Gasteiger partial charge is 0.255 e. The average molecular weight is 424 g/mol. The second-order valence-electron chi connectivity index (χ2n) is 8.94. The van der Waals surface area contributed by atoms with Crippen LogP contribution >= 0.6 is 22.7 Å². The van der Waals surface area contributed by atoms with E-state index in [0.717, 1.165) is 5.69 Å². The predicted molar refractivity (Wildman–Crippen MR) is 134 cm³/mol. The molecule has 0 aliphatic carbocycles. The standard InChI is InChI=1S/C27H21NS2/c1-27(2,3)22-13-18(12-16-6-4-5-7-19(16)22)25-26-20(8-10-28-25)21-15-23-17(9-11-29-23)14-24(21)30-26/h4-15H,1-3H3. The number of pyridine rings is 1. The smallest absolute Gasteiger partial charge is 0.0880 e. The first-order valence-electron chi connectivity index (χ1n) is 10.2. The molecule has 0 bridgehead atoms. The van der Waals surface area contributed by atoms with Crippen molar-refractivity contribution in [1.29, 1.82) is 0 Å². The molecule has 30 heavy (non-hydrogen) atoms. The molecule has 0 radical (unpaired) electrons. The zero-order valence-electron chi connectivity index (χ0n) is 17.2. The van der Waals surface area contributed by atoms with Gasteiger partial charge in [-0.05, 0) is 68.9 Å². The molecule has 6 aromatic rings. The van der Waals surface area contributed by atoms with E-state index in [9.17, 15) is 0 Å². The molecule has 0 aliphatic heterocycles. The van der Waals surface area contributed by atoms with Crippen molar-refractivity contribution in [1.82, 2.24) is 4.98 Å². The first-order valence-corrected chi connectivity index (χ1v) is 11.9. The van der Waals surface area contributed by atoms with Crippen LogP contribution in [0.4, 0.5) is 0 Å². The molecule has 0 fully saturated rings. The van der Waals surface area contributed by atoms with Gasteiger partial charge in [0.25, 0.3) is 0 Å². The summed E-state index contributed by atoms with van der Waals surface area (Å²) in [5.41, 5.74) is 3.73. The molecule has 0 saturated heterocycles. The van der Waals surface area contributed by atoms with E-state index in [0.29, 0.717) is 0 Å². The molecule has 6 rings (SSSR count). The van der Waals surface area contributed by atoms with Crippen molar-refractivity contribution in [2.75, 3.05) is 0 Å². The summed E-state index contributed by atoms with van der Waals surface area (Å²) in [5, 5.41) is 8.75. The number of hydrogen-bond donors (Lipinski definition) is 0. The lowest BCUT2D eigenvalue weighted by molar-refractivity contribution is 0.596. The third kappa shape index (κ3) is 2.69. The first kappa shape index (κ1) is 18.1. The maximum Gasteiger partial charge on any atom is 0.0880 e. The van der Waals surface area contributed by atoms with E-state index in [1.807, 2.05) is 28.9 Å². The van der Waals surface area contributed by atoms with Gasteiger partial charge in [0.05, 0.1) is 10.4 Å². The SMILES string of the molecule is CC(C)(C)c1cc(-c2nccc3c2sc2cc4ccsc4cc23)cc2ccccc12. The fraction of sp³-hybridized carbons (Fsp3) is 0.148. The fourth-order valence-corrected chi connectivity index (χ4v) is 6.48. The molecule has 0 saturated carbocycles. The molecule has 0 spiro atoms. The Morgan fingerprint density at radius 1 is 0.767 bits per heavy atom. The van der Waals surface area contributed by atoms with Gasteiger partial charge in [0.2, 0.25) is 0 Å². The Morgan fingerprint density at radius 2 is 1.63 bits per heavy atom. The molecule has 3 heteroatoms. The van der Waals surface area contributed by atoms with E-state index in [-0.39, 0.29) is 5.41 Å². The van der Waals surface area contributed by atoms with Crippen molar-refractivity contribution in [2.24, 2.45) is 0 Å². The van der Waals surface area contributed by atoms with Crippen LogP contribution in [0.2, 0.25) is 0 Å². The lowest BCUT2D eigenvalue weighted by atomic mass is 9.82. The zero-order valence-corrected chi connectivity index (χ0v) is 18.8. The van der Waals surface area contributed by atoms with Gasteiger partial charge in [0.15, 0.2) is 0 Å². The van der Waals surface area contributed by atoms with Gasteiger partial charge in [-0.2, -0.15) is 0 Å². The Hall–Kier alpha value is -2.75. The average Bonchev–Trinajstić information content (AvgIpc) is 3.33. The highest BCUT2D eigenvalue weighted by Crippen LogP contribution is 2.42. The summed E-state index contributed by atoms with van der Waals surface area (Å²) in [4.78, 5) is 4.87. The lowest BCUT2D eigenvalue weighted by Crippen LogP contribution is -2.12. The molecule has 3 aromatic heterocycles. The third-order valence-electron chi connectivity index (χ3n) is 5.90. The maximum absolute atomic E-state index is 4.87. The molecule has 0 amide bonds. The number of benzene rings is 3. The van der Waals surface area contributed by atoms with Crippen molar-refractivity contribution in [2.45, 2.75) is 26.2 Å². The van der Waals surface area contributed by atoms with E-state index in [4.69, 9.17) is 4.98 Å². The molecule has 0 aliphatic rings. The van der Waals surface area contributed by atoms with Crippen LogP contribution in [-0.2, 0) is 5.41 Å². The van der Waals surface area contributed by atoms with Crippen molar-refractivity contribution in [3.05, 3.63) is 77.8 Å². The van der Waals surface area contributed by atoms with Crippen LogP contribution in [-0.4, -0.2) is 4.98 Å². The lowest BCUT2D eigenvalue weighted by Gasteiger charge is -2.22. The number of hydrogen-bond acceptors (Lipinski definition) is 3. The van der Waals surface area contributed by atoms with Gasteiger partial charge in [-0.3, -0.25) is 4.98 Å². The van der Waals surface area contributed by atoms with Crippen LogP contribution in [0, 0.1) is 0 Å². The Balaban J connectivity index is 1.68. The summed E-state index contributed by atoms with van der Waals surface area (Å²) in [7, 11) is 0. The van der Waals surface area contributed by atoms with E-state index >= 15 is 0 Å². The van der Waals surface area contributed by atoms with Crippen molar-refractivity contribution >= 4 is 63.7 Å². The number of thiophene rings is 2. The number of aromatic nitrogens is 1. The predicted octanol–water partition coefficient (Wildman–Crippen LogP) is 8.78. The van der Waals surface area contributed by atoms with Crippen molar-refractivity contribution in [3.63, 3.8) is 0 Å². The number of nitrogens with zero attached hydrogens (tertiary/aromatic N) is 1. The molecule has 0 atom stereocenters. The highest BCUT2D eigenvalue weighted by molar-refractivity contribution is 7.26. The van der Waals surface area contributed by atoms with E-state index < -0.39 is 0 Å². The van der Waals surface area contributed by atoms with Crippen LogP contribution in [0.1, 0.15) is 26.3 Å². The summed E-state index contributed by atoms with van der Waals surface area (Å²) in [5.74, 6) is 0. The van der Waals surface area contributed by atoms with Crippen LogP contribution in [0.3, 0.4) is 0 Å². The molecule has 1 nitrogen and oxygen atoms in total. The Kier molecular flexibility index (Phi) is 3.83. The van der Waals surface area contributed by atoms with Gasteiger partial charge in [-0.1, -0.05) is 45.0 Å². The van der Waals surface area contributed by atoms with Gasteiger partial charge in [0.1, 0.15) is 0 Å². The van der Waals surface area contributed by atoms with Gasteiger partial charge in [-0.15, -0.1) is 22.7 Å². The number of rotatable bonds is 1. The molecule has 0 unspecified atom stereocenters. The monoisotopic (exact) mass is 423 g/mol. The van der Waals surface area contributed by atoms with Gasteiger partial charge in [0, 0.05) is 31.9 Å². The Labute approximate surface area is 183 Å². The van der Waals surface area contributed by atoms with Crippen LogP contribution in [0.5, 0.6) is 0 Å². The minimum Gasteiger partial charge on any atom is -0.255 e. The summed E-state index contributed by atoms with van der Waals surface area (Å²) in [6.45, 7) is 6.87. The fourth-order valence-electron chi connectivity index (χ4n) is 4.43. The summed E-state index contributed by atoms with van der Waals surface area (Å²) < 4.78 is 3.96. The topological polar surface area (TPSA) is 12.9 Å². The van der Waals surface area contributed by atoms with Crippen LogP contribution < -0.4 is 0 Å². The third-order valence-corrected chi connectivity index (χ3v) is 7.96. The highest BCUT2D eigenvalue weighted by Gasteiger charge is 2.20. The van der Waals surface area contributed by atoms with Gasteiger partial charge < -0.3 is 0 Å². The van der Waals surface area contributed by atoms with Crippen LogP contribution in [0.25, 0.3) is 52.3 Å².